The Bertz CT molecular complexity index is 449. The van der Waals surface area contributed by atoms with Gasteiger partial charge in [0.2, 0.25) is 0 Å². The minimum atomic E-state index is -4.65. The molecule has 1 aromatic rings. The summed E-state index contributed by atoms with van der Waals surface area (Å²) in [6.07, 6.45) is -4.65. The van der Waals surface area contributed by atoms with Crippen LogP contribution in [0.15, 0.2) is 29.4 Å². The lowest BCUT2D eigenvalue weighted by molar-refractivity contribution is -0.323. The van der Waals surface area contributed by atoms with Crippen molar-refractivity contribution in [2.75, 3.05) is 25.1 Å². The van der Waals surface area contributed by atoms with Gasteiger partial charge in [0.15, 0.2) is 5.84 Å². The molecule has 1 rings (SSSR count). The van der Waals surface area contributed by atoms with Crippen LogP contribution in [0.1, 0.15) is 5.56 Å². The lowest BCUT2D eigenvalue weighted by Crippen LogP contribution is -2.28. The van der Waals surface area contributed by atoms with E-state index in [4.69, 9.17) is 10.9 Å². The predicted molar refractivity (Wildman–Crippen MR) is 64.2 cm³/mol. The Morgan fingerprint density at radius 2 is 2.05 bits per heavy atom. The SMILES string of the molecule is CN(CCOC(F)(F)F)c1ccccc1C(N)=NO. The summed E-state index contributed by atoms with van der Waals surface area (Å²) < 4.78 is 39.3. The lowest BCUT2D eigenvalue weighted by Gasteiger charge is -2.22. The Balaban J connectivity index is 2.74. The standard InChI is InChI=1S/C11H14F3N3O2/c1-17(6-7-19-11(12,13)14)9-5-3-2-4-8(9)10(15)16-18/h2-5,18H,6-7H2,1H3,(H2,15,16). The number of halogens is 3. The number of para-hydroxylation sites is 1. The lowest BCUT2D eigenvalue weighted by atomic mass is 10.1. The largest absolute Gasteiger partial charge is 0.522 e. The van der Waals surface area contributed by atoms with Crippen LogP contribution in [-0.4, -0.2) is 37.6 Å². The predicted octanol–water partition coefficient (Wildman–Crippen LogP) is 1.75. The fourth-order valence-electron chi connectivity index (χ4n) is 1.50. The van der Waals surface area contributed by atoms with Crippen LogP contribution in [0.5, 0.6) is 0 Å². The zero-order chi connectivity index (χ0) is 14.5. The molecule has 0 saturated heterocycles. The maximum absolute atomic E-state index is 11.9. The molecule has 0 atom stereocenters. The van der Waals surface area contributed by atoms with E-state index in [1.165, 1.54) is 4.90 Å². The van der Waals surface area contributed by atoms with Gasteiger partial charge in [-0.05, 0) is 12.1 Å². The molecule has 1 aromatic carbocycles. The number of benzene rings is 1. The molecule has 0 unspecified atom stereocenters. The number of rotatable bonds is 5. The van der Waals surface area contributed by atoms with Crippen LogP contribution in [0.25, 0.3) is 0 Å². The third-order valence-electron chi connectivity index (χ3n) is 2.39. The van der Waals surface area contributed by atoms with Gasteiger partial charge < -0.3 is 15.8 Å². The van der Waals surface area contributed by atoms with E-state index in [2.05, 4.69) is 9.89 Å². The summed E-state index contributed by atoms with van der Waals surface area (Å²) in [5, 5.41) is 11.5. The van der Waals surface area contributed by atoms with Crippen molar-refractivity contribution in [2.45, 2.75) is 6.36 Å². The fraction of sp³-hybridized carbons (Fsp3) is 0.364. The van der Waals surface area contributed by atoms with E-state index < -0.39 is 13.0 Å². The minimum Gasteiger partial charge on any atom is -0.409 e. The number of oxime groups is 1. The zero-order valence-electron chi connectivity index (χ0n) is 10.2. The first-order valence-electron chi connectivity index (χ1n) is 5.34. The smallest absolute Gasteiger partial charge is 0.409 e. The number of alkyl halides is 3. The first kappa shape index (κ1) is 15.1. The third-order valence-corrected chi connectivity index (χ3v) is 2.39. The fourth-order valence-corrected chi connectivity index (χ4v) is 1.50. The molecule has 0 aromatic heterocycles. The van der Waals surface area contributed by atoms with Gasteiger partial charge in [-0.3, -0.25) is 4.74 Å². The summed E-state index contributed by atoms with van der Waals surface area (Å²) in [5.74, 6) is -0.112. The van der Waals surface area contributed by atoms with E-state index in [0.29, 0.717) is 11.3 Å². The second-order valence-corrected chi connectivity index (χ2v) is 3.72. The van der Waals surface area contributed by atoms with Crippen molar-refractivity contribution >= 4 is 11.5 Å². The highest BCUT2D eigenvalue weighted by Crippen LogP contribution is 2.20. The molecule has 5 nitrogen and oxygen atoms in total. The van der Waals surface area contributed by atoms with Crippen LogP contribution in [0, 0.1) is 0 Å². The number of nitrogens with two attached hydrogens (primary N) is 1. The molecule has 0 aliphatic heterocycles. The molecule has 19 heavy (non-hydrogen) atoms. The quantitative estimate of drug-likeness (QED) is 0.372. The molecule has 106 valence electrons. The van der Waals surface area contributed by atoms with E-state index in [1.807, 2.05) is 0 Å². The van der Waals surface area contributed by atoms with Crippen molar-refractivity contribution in [2.24, 2.45) is 10.9 Å². The van der Waals surface area contributed by atoms with Crippen molar-refractivity contribution in [1.82, 2.24) is 0 Å². The highest BCUT2D eigenvalue weighted by atomic mass is 19.4. The van der Waals surface area contributed by atoms with Gasteiger partial charge in [-0.25, -0.2) is 0 Å². The van der Waals surface area contributed by atoms with Gasteiger partial charge in [0.1, 0.15) is 0 Å². The molecule has 8 heteroatoms. The Hall–Kier alpha value is -1.96. The van der Waals surface area contributed by atoms with Crippen molar-refractivity contribution in [3.05, 3.63) is 29.8 Å². The first-order valence-corrected chi connectivity index (χ1v) is 5.34. The van der Waals surface area contributed by atoms with Crippen molar-refractivity contribution in [1.29, 1.82) is 0 Å². The highest BCUT2D eigenvalue weighted by Gasteiger charge is 2.28. The molecule has 0 amide bonds. The zero-order valence-corrected chi connectivity index (χ0v) is 10.2. The third kappa shape index (κ3) is 4.66. The Labute approximate surface area is 108 Å². The maximum atomic E-state index is 11.9. The Morgan fingerprint density at radius 1 is 1.42 bits per heavy atom. The van der Waals surface area contributed by atoms with Gasteiger partial charge >= 0.3 is 6.36 Å². The van der Waals surface area contributed by atoms with Gasteiger partial charge in [-0.15, -0.1) is 13.2 Å². The summed E-state index contributed by atoms with van der Waals surface area (Å²) in [6.45, 7) is -0.500. The molecule has 0 spiro atoms. The van der Waals surface area contributed by atoms with Gasteiger partial charge in [-0.2, -0.15) is 0 Å². The van der Waals surface area contributed by atoms with E-state index in [0.717, 1.165) is 0 Å². The average Bonchev–Trinajstić information content (AvgIpc) is 2.36. The molecular formula is C11H14F3N3O2. The summed E-state index contributed by atoms with van der Waals surface area (Å²) >= 11 is 0. The highest BCUT2D eigenvalue weighted by molar-refractivity contribution is 6.02. The van der Waals surface area contributed by atoms with Gasteiger partial charge in [-0.1, -0.05) is 17.3 Å². The van der Waals surface area contributed by atoms with Crippen molar-refractivity contribution in [3.63, 3.8) is 0 Å². The molecule has 0 aliphatic carbocycles. The first-order chi connectivity index (χ1) is 8.85. The molecule has 0 saturated carbocycles. The minimum absolute atomic E-state index is 0.00916. The number of likely N-dealkylation sites (N-methyl/N-ethyl adjacent to an activating group) is 1. The number of hydrogen-bond donors (Lipinski definition) is 2. The van der Waals surface area contributed by atoms with E-state index in [1.54, 1.807) is 31.3 Å². The van der Waals surface area contributed by atoms with E-state index >= 15 is 0 Å². The molecule has 0 fully saturated rings. The second kappa shape index (κ2) is 6.28. The van der Waals surface area contributed by atoms with Crippen LogP contribution in [0.2, 0.25) is 0 Å². The molecular weight excluding hydrogens is 263 g/mol. The van der Waals surface area contributed by atoms with Crippen LogP contribution in [0.4, 0.5) is 18.9 Å². The summed E-state index contributed by atoms with van der Waals surface area (Å²) in [4.78, 5) is 1.53. The topological polar surface area (TPSA) is 71.1 Å². The summed E-state index contributed by atoms with van der Waals surface area (Å²) in [7, 11) is 1.59. The number of anilines is 1. The maximum Gasteiger partial charge on any atom is 0.522 e. The van der Waals surface area contributed by atoms with Crippen LogP contribution < -0.4 is 10.6 Å². The van der Waals surface area contributed by atoms with E-state index in [9.17, 15) is 13.2 Å². The molecule has 0 heterocycles. The average molecular weight is 277 g/mol. The molecule has 0 aliphatic rings. The Kier molecular flexibility index (Phi) is 4.99. The number of hydrogen-bond acceptors (Lipinski definition) is 4. The summed E-state index contributed by atoms with van der Waals surface area (Å²) in [6, 6.07) is 6.63. The Morgan fingerprint density at radius 3 is 2.63 bits per heavy atom. The van der Waals surface area contributed by atoms with Gasteiger partial charge in [0.05, 0.1) is 6.61 Å². The second-order valence-electron chi connectivity index (χ2n) is 3.72. The normalized spacial score (nSPS) is 12.5. The number of ether oxygens (including phenoxy) is 1. The number of amidine groups is 1. The van der Waals surface area contributed by atoms with Crippen LogP contribution >= 0.6 is 0 Å². The molecule has 0 radical (unpaired) electrons. The molecule has 3 N–H and O–H groups in total. The molecule has 0 bridgehead atoms. The number of nitrogens with zero attached hydrogens (tertiary/aromatic N) is 2. The van der Waals surface area contributed by atoms with Crippen LogP contribution in [0.3, 0.4) is 0 Å². The van der Waals surface area contributed by atoms with Crippen molar-refractivity contribution < 1.29 is 23.1 Å². The summed E-state index contributed by atoms with van der Waals surface area (Å²) in [5.41, 5.74) is 6.47. The van der Waals surface area contributed by atoms with Crippen molar-refractivity contribution in [3.8, 4) is 0 Å². The van der Waals surface area contributed by atoms with E-state index in [-0.39, 0.29) is 12.4 Å². The monoisotopic (exact) mass is 277 g/mol. The van der Waals surface area contributed by atoms with Crippen LogP contribution in [-0.2, 0) is 4.74 Å². The van der Waals surface area contributed by atoms with Gasteiger partial charge in [0, 0.05) is 24.8 Å². The van der Waals surface area contributed by atoms with Gasteiger partial charge in [0.25, 0.3) is 0 Å².